The van der Waals surface area contributed by atoms with Crippen LogP contribution in [0.25, 0.3) is 12.2 Å². The zero-order valence-corrected chi connectivity index (χ0v) is 17.5. The number of thioether (sulfide) groups is 2. The van der Waals surface area contributed by atoms with Crippen LogP contribution < -0.4 is 0 Å². The smallest absolute Gasteiger partial charge is 0.266 e. The summed E-state index contributed by atoms with van der Waals surface area (Å²) >= 11 is 13.1. The number of rotatable bonds is 4. The van der Waals surface area contributed by atoms with E-state index in [4.69, 9.17) is 24.4 Å². The molecule has 0 aliphatic carbocycles. The van der Waals surface area contributed by atoms with E-state index in [2.05, 4.69) is 0 Å². The Labute approximate surface area is 171 Å². The van der Waals surface area contributed by atoms with Gasteiger partial charge >= 0.3 is 0 Å². The topological polar surface area (TPSA) is 40.6 Å². The maximum atomic E-state index is 12.3. The van der Waals surface area contributed by atoms with Gasteiger partial charge in [-0.15, -0.1) is 0 Å². The largest absolute Gasteiger partial charge is 0.293 e. The third kappa shape index (κ3) is 3.78. The first-order valence-electron chi connectivity index (χ1n) is 8.05. The fourth-order valence-electron chi connectivity index (χ4n) is 2.54. The minimum absolute atomic E-state index is 0.0465. The van der Waals surface area contributed by atoms with Crippen LogP contribution in [0.5, 0.6) is 0 Å². The van der Waals surface area contributed by atoms with Crippen molar-refractivity contribution in [2.45, 2.75) is 13.8 Å². The Morgan fingerprint density at radius 3 is 1.42 bits per heavy atom. The molecule has 4 nitrogen and oxygen atoms in total. The van der Waals surface area contributed by atoms with Crippen molar-refractivity contribution >= 4 is 80.6 Å². The Kier molecular flexibility index (Phi) is 5.96. The van der Waals surface area contributed by atoms with Gasteiger partial charge in [-0.2, -0.15) is 0 Å². The number of nitrogens with zero attached hydrogens (tertiary/aromatic N) is 2. The van der Waals surface area contributed by atoms with Crippen molar-refractivity contribution in [3.05, 3.63) is 45.2 Å². The van der Waals surface area contributed by atoms with Crippen molar-refractivity contribution in [1.82, 2.24) is 9.80 Å². The number of amides is 2. The molecule has 134 valence electrons. The van der Waals surface area contributed by atoms with Crippen molar-refractivity contribution in [2.24, 2.45) is 0 Å². The molecule has 2 saturated heterocycles. The first kappa shape index (κ1) is 19.3. The monoisotopic (exact) mass is 420 g/mol. The lowest BCUT2D eigenvalue weighted by atomic mass is 10.1. The summed E-state index contributed by atoms with van der Waals surface area (Å²) in [5.41, 5.74) is 1.83. The van der Waals surface area contributed by atoms with Crippen molar-refractivity contribution in [3.8, 4) is 0 Å². The molecule has 0 spiro atoms. The summed E-state index contributed by atoms with van der Waals surface area (Å²) in [4.78, 5) is 29.0. The van der Waals surface area contributed by atoms with Gasteiger partial charge in [0.2, 0.25) is 0 Å². The number of carbonyl (C=O) groups excluding carboxylic acids is 2. The van der Waals surface area contributed by atoms with E-state index >= 15 is 0 Å². The molecule has 2 aliphatic heterocycles. The van der Waals surface area contributed by atoms with Gasteiger partial charge in [0.05, 0.1) is 9.81 Å². The fourth-order valence-corrected chi connectivity index (χ4v) is 5.30. The lowest BCUT2D eigenvalue weighted by Gasteiger charge is -2.09. The van der Waals surface area contributed by atoms with Crippen LogP contribution in [0.3, 0.4) is 0 Å². The summed E-state index contributed by atoms with van der Waals surface area (Å²) in [5.74, 6) is -0.0929. The Morgan fingerprint density at radius 1 is 0.808 bits per heavy atom. The SMILES string of the molecule is CCN1C(=O)C(=Cc2ccc(C=C3SC(=S)N(CC)C3=O)cc2)SC1=S. The molecule has 3 rings (SSSR count). The molecule has 1 aromatic carbocycles. The third-order valence-electron chi connectivity index (χ3n) is 3.91. The second-order valence-corrected chi connectivity index (χ2v) is 8.87. The molecule has 2 amide bonds. The highest BCUT2D eigenvalue weighted by Crippen LogP contribution is 2.33. The Hall–Kier alpha value is -1.48. The second kappa shape index (κ2) is 8.04. The van der Waals surface area contributed by atoms with E-state index in [0.29, 0.717) is 31.5 Å². The maximum absolute atomic E-state index is 12.3. The highest BCUT2D eigenvalue weighted by Gasteiger charge is 2.31. The average molecular weight is 421 g/mol. The second-order valence-electron chi connectivity index (χ2n) is 5.52. The van der Waals surface area contributed by atoms with E-state index in [9.17, 15) is 9.59 Å². The number of carbonyl (C=O) groups is 2. The number of hydrogen-bond donors (Lipinski definition) is 0. The Morgan fingerprint density at radius 2 is 1.15 bits per heavy atom. The quantitative estimate of drug-likeness (QED) is 0.539. The van der Waals surface area contributed by atoms with Gasteiger partial charge in [-0.05, 0) is 37.1 Å². The minimum Gasteiger partial charge on any atom is -0.293 e. The number of benzene rings is 1. The van der Waals surface area contributed by atoms with Crippen LogP contribution >= 0.6 is 48.0 Å². The highest BCUT2D eigenvalue weighted by atomic mass is 32.2. The van der Waals surface area contributed by atoms with Crippen molar-refractivity contribution in [3.63, 3.8) is 0 Å². The van der Waals surface area contributed by atoms with E-state index in [1.807, 2.05) is 50.3 Å². The molecule has 0 aromatic heterocycles. The van der Waals surface area contributed by atoms with Crippen LogP contribution in [0.1, 0.15) is 25.0 Å². The van der Waals surface area contributed by atoms with Crippen LogP contribution in [-0.4, -0.2) is 43.3 Å². The van der Waals surface area contributed by atoms with Gasteiger partial charge in [-0.25, -0.2) is 0 Å². The molecule has 0 saturated carbocycles. The predicted molar refractivity (Wildman–Crippen MR) is 118 cm³/mol. The minimum atomic E-state index is -0.0465. The molecule has 8 heteroatoms. The number of likely N-dealkylation sites (N-methyl/N-ethyl adjacent to an activating group) is 2. The van der Waals surface area contributed by atoms with Gasteiger partial charge < -0.3 is 0 Å². The van der Waals surface area contributed by atoms with Crippen LogP contribution in [0.4, 0.5) is 0 Å². The summed E-state index contributed by atoms with van der Waals surface area (Å²) in [5, 5.41) is 0. The van der Waals surface area contributed by atoms with Crippen LogP contribution in [-0.2, 0) is 9.59 Å². The van der Waals surface area contributed by atoms with Crippen LogP contribution in [0.2, 0.25) is 0 Å². The number of thiocarbonyl (C=S) groups is 2. The zero-order chi connectivity index (χ0) is 18.8. The Balaban J connectivity index is 1.78. The first-order chi connectivity index (χ1) is 12.4. The molecule has 2 aliphatic rings. The first-order valence-corrected chi connectivity index (χ1v) is 10.5. The summed E-state index contributed by atoms with van der Waals surface area (Å²) < 4.78 is 1.19. The molecule has 0 unspecified atom stereocenters. The fraction of sp³-hybridized carbons (Fsp3) is 0.222. The van der Waals surface area contributed by atoms with Crippen molar-refractivity contribution in [1.29, 1.82) is 0 Å². The van der Waals surface area contributed by atoms with E-state index < -0.39 is 0 Å². The van der Waals surface area contributed by atoms with E-state index in [0.717, 1.165) is 11.1 Å². The van der Waals surface area contributed by atoms with Gasteiger partial charge in [-0.3, -0.25) is 19.4 Å². The molecule has 0 radical (unpaired) electrons. The molecular weight excluding hydrogens is 404 g/mol. The average Bonchev–Trinajstić information content (AvgIpc) is 3.04. The van der Waals surface area contributed by atoms with E-state index in [1.165, 1.54) is 23.5 Å². The van der Waals surface area contributed by atoms with E-state index in [-0.39, 0.29) is 11.8 Å². The van der Waals surface area contributed by atoms with Crippen LogP contribution in [0, 0.1) is 0 Å². The summed E-state index contributed by atoms with van der Waals surface area (Å²) in [6.07, 6.45) is 3.69. The van der Waals surface area contributed by atoms with Crippen LogP contribution in [0.15, 0.2) is 34.1 Å². The lowest BCUT2D eigenvalue weighted by molar-refractivity contribution is -0.122. The molecule has 2 heterocycles. The van der Waals surface area contributed by atoms with Gasteiger partial charge in [0, 0.05) is 13.1 Å². The Bertz CT molecular complexity index is 787. The third-order valence-corrected chi connectivity index (χ3v) is 6.67. The van der Waals surface area contributed by atoms with Crippen molar-refractivity contribution in [2.75, 3.05) is 13.1 Å². The predicted octanol–water partition coefficient (Wildman–Crippen LogP) is 4.13. The molecular formula is C18H16N2O2S4. The molecule has 0 atom stereocenters. The van der Waals surface area contributed by atoms with Crippen molar-refractivity contribution < 1.29 is 9.59 Å². The maximum Gasteiger partial charge on any atom is 0.266 e. The van der Waals surface area contributed by atoms with Gasteiger partial charge in [0.25, 0.3) is 11.8 Å². The van der Waals surface area contributed by atoms with Gasteiger partial charge in [0.1, 0.15) is 8.64 Å². The summed E-state index contributed by atoms with van der Waals surface area (Å²) in [6, 6.07) is 7.69. The van der Waals surface area contributed by atoms with Gasteiger partial charge in [0.15, 0.2) is 0 Å². The molecule has 1 aromatic rings. The summed E-state index contributed by atoms with van der Waals surface area (Å²) in [6.45, 7) is 4.97. The number of hydrogen-bond acceptors (Lipinski definition) is 6. The summed E-state index contributed by atoms with van der Waals surface area (Å²) in [7, 11) is 0. The highest BCUT2D eigenvalue weighted by molar-refractivity contribution is 8.27. The molecule has 0 bridgehead atoms. The molecule has 26 heavy (non-hydrogen) atoms. The van der Waals surface area contributed by atoms with E-state index in [1.54, 1.807) is 9.80 Å². The standard InChI is InChI=1S/C18H16N2O2S4/c1-3-19-15(21)13(25-17(19)23)9-11-5-7-12(8-6-11)10-14-16(22)20(4-2)18(24)26-14/h5-10H,3-4H2,1-2H3. The molecule has 0 N–H and O–H groups in total. The van der Waals surface area contributed by atoms with Gasteiger partial charge in [-0.1, -0.05) is 72.2 Å². The zero-order valence-electron chi connectivity index (χ0n) is 14.2. The lowest BCUT2D eigenvalue weighted by Crippen LogP contribution is -2.27. The normalized spacial score (nSPS) is 21.0. The molecule has 2 fully saturated rings.